The fourth-order valence-electron chi connectivity index (χ4n) is 1.78. The molecule has 0 spiro atoms. The summed E-state index contributed by atoms with van der Waals surface area (Å²) < 4.78 is 13.5. The number of nitrogens with zero attached hydrogens (tertiary/aromatic N) is 2. The van der Waals surface area contributed by atoms with Gasteiger partial charge in [-0.2, -0.15) is 0 Å². The minimum absolute atomic E-state index is 0.149. The van der Waals surface area contributed by atoms with Crippen molar-refractivity contribution in [2.75, 3.05) is 18.0 Å². The molecule has 0 amide bonds. The van der Waals surface area contributed by atoms with E-state index in [-0.39, 0.29) is 12.1 Å². The zero-order chi connectivity index (χ0) is 11.7. The Morgan fingerprint density at radius 3 is 3.00 bits per heavy atom. The third-order valence-corrected chi connectivity index (χ3v) is 2.99. The molecular formula is C10H10BrFN2O2. The first-order valence-corrected chi connectivity index (χ1v) is 5.65. The molecule has 0 radical (unpaired) electrons. The highest BCUT2D eigenvalue weighted by atomic mass is 79.9. The van der Waals surface area contributed by atoms with E-state index in [0.717, 1.165) is 0 Å². The molecule has 0 bridgehead atoms. The summed E-state index contributed by atoms with van der Waals surface area (Å²) in [4.78, 5) is 16.7. The van der Waals surface area contributed by atoms with Crippen LogP contribution in [0.2, 0.25) is 0 Å². The summed E-state index contributed by atoms with van der Waals surface area (Å²) in [6.45, 7) is 0.772. The number of aromatic carboxylic acids is 1. The van der Waals surface area contributed by atoms with Crippen LogP contribution in [0.15, 0.2) is 16.9 Å². The number of alkyl halides is 1. The second-order valence-electron chi connectivity index (χ2n) is 3.66. The molecule has 16 heavy (non-hydrogen) atoms. The van der Waals surface area contributed by atoms with Gasteiger partial charge in [0.1, 0.15) is 10.8 Å². The van der Waals surface area contributed by atoms with Gasteiger partial charge in [-0.05, 0) is 28.4 Å². The molecule has 1 aromatic rings. The number of hydrogen-bond acceptors (Lipinski definition) is 3. The topological polar surface area (TPSA) is 53.4 Å². The Morgan fingerprint density at radius 2 is 2.44 bits per heavy atom. The summed E-state index contributed by atoms with van der Waals surface area (Å²) in [7, 11) is 0. The third kappa shape index (κ3) is 2.16. The maximum atomic E-state index is 13.1. The van der Waals surface area contributed by atoms with Crippen LogP contribution in [0.25, 0.3) is 0 Å². The SMILES string of the molecule is O=C(O)c1cc(Br)ncc1N1CCC(F)C1. The highest BCUT2D eigenvalue weighted by Gasteiger charge is 2.25. The van der Waals surface area contributed by atoms with Crippen molar-refractivity contribution in [3.05, 3.63) is 22.4 Å². The lowest BCUT2D eigenvalue weighted by atomic mass is 10.2. The Balaban J connectivity index is 2.36. The standard InChI is InChI=1S/C10H10BrFN2O2/c11-9-3-7(10(15)16)8(4-13-9)14-2-1-6(12)5-14/h3-4,6H,1-2,5H2,(H,15,16). The van der Waals surface area contributed by atoms with Crippen LogP contribution in [0, 0.1) is 0 Å². The molecule has 1 fully saturated rings. The Labute approximate surface area is 100 Å². The number of aromatic nitrogens is 1. The van der Waals surface area contributed by atoms with E-state index in [1.807, 2.05) is 0 Å². The second-order valence-corrected chi connectivity index (χ2v) is 4.47. The molecule has 1 N–H and O–H groups in total. The number of anilines is 1. The highest BCUT2D eigenvalue weighted by molar-refractivity contribution is 9.10. The van der Waals surface area contributed by atoms with Gasteiger partial charge in [-0.1, -0.05) is 0 Å². The van der Waals surface area contributed by atoms with E-state index in [0.29, 0.717) is 23.3 Å². The molecule has 2 heterocycles. The van der Waals surface area contributed by atoms with Crippen LogP contribution in [0.1, 0.15) is 16.8 Å². The largest absolute Gasteiger partial charge is 0.478 e. The molecule has 1 saturated heterocycles. The van der Waals surface area contributed by atoms with Gasteiger partial charge >= 0.3 is 5.97 Å². The van der Waals surface area contributed by atoms with E-state index in [1.54, 1.807) is 4.90 Å². The Morgan fingerprint density at radius 1 is 1.69 bits per heavy atom. The van der Waals surface area contributed by atoms with Crippen LogP contribution in [0.3, 0.4) is 0 Å². The quantitative estimate of drug-likeness (QED) is 0.847. The van der Waals surface area contributed by atoms with E-state index < -0.39 is 12.1 Å². The molecule has 2 rings (SSSR count). The normalized spacial score (nSPS) is 20.1. The van der Waals surface area contributed by atoms with Gasteiger partial charge < -0.3 is 10.0 Å². The summed E-state index contributed by atoms with van der Waals surface area (Å²) in [6, 6.07) is 1.43. The van der Waals surface area contributed by atoms with Crippen molar-refractivity contribution in [1.29, 1.82) is 0 Å². The van der Waals surface area contributed by atoms with Gasteiger partial charge in [-0.15, -0.1) is 0 Å². The van der Waals surface area contributed by atoms with Crippen LogP contribution >= 0.6 is 15.9 Å². The van der Waals surface area contributed by atoms with Gasteiger partial charge in [0.25, 0.3) is 0 Å². The molecule has 6 heteroatoms. The summed E-state index contributed by atoms with van der Waals surface area (Å²) in [6.07, 6.45) is 1.02. The van der Waals surface area contributed by atoms with E-state index in [4.69, 9.17) is 5.11 Å². The molecule has 0 aromatic carbocycles. The van der Waals surface area contributed by atoms with E-state index >= 15 is 0 Å². The molecule has 1 aliphatic rings. The number of pyridine rings is 1. The fraction of sp³-hybridized carbons (Fsp3) is 0.400. The highest BCUT2D eigenvalue weighted by Crippen LogP contribution is 2.26. The van der Waals surface area contributed by atoms with Gasteiger partial charge in [0.15, 0.2) is 0 Å². The average molecular weight is 289 g/mol. The number of carbonyl (C=O) groups is 1. The van der Waals surface area contributed by atoms with Crippen molar-refractivity contribution in [3.63, 3.8) is 0 Å². The number of carboxylic acids is 1. The first-order valence-electron chi connectivity index (χ1n) is 4.86. The van der Waals surface area contributed by atoms with Gasteiger partial charge in [-0.25, -0.2) is 14.2 Å². The van der Waals surface area contributed by atoms with Gasteiger partial charge in [-0.3, -0.25) is 0 Å². The van der Waals surface area contributed by atoms with Gasteiger partial charge in [0.2, 0.25) is 0 Å². The van der Waals surface area contributed by atoms with Crippen LogP contribution in [0.5, 0.6) is 0 Å². The Kier molecular flexibility index (Phi) is 3.09. The van der Waals surface area contributed by atoms with Crippen molar-refractivity contribution < 1.29 is 14.3 Å². The Bertz CT molecular complexity index is 427. The second kappa shape index (κ2) is 4.37. The first-order chi connectivity index (χ1) is 7.58. The molecule has 1 aliphatic heterocycles. The average Bonchev–Trinajstić information content (AvgIpc) is 2.64. The number of halogens is 2. The molecular weight excluding hydrogens is 279 g/mol. The molecule has 1 aromatic heterocycles. The minimum Gasteiger partial charge on any atom is -0.478 e. The predicted molar refractivity (Wildman–Crippen MR) is 60.6 cm³/mol. The number of rotatable bonds is 2. The zero-order valence-electron chi connectivity index (χ0n) is 8.36. The molecule has 1 unspecified atom stereocenters. The van der Waals surface area contributed by atoms with E-state index in [9.17, 15) is 9.18 Å². The maximum absolute atomic E-state index is 13.1. The van der Waals surface area contributed by atoms with E-state index in [1.165, 1.54) is 12.3 Å². The van der Waals surface area contributed by atoms with Crippen LogP contribution in [-0.4, -0.2) is 35.3 Å². The number of carboxylic acid groups (broad SMARTS) is 1. The van der Waals surface area contributed by atoms with Crippen molar-refractivity contribution in [3.8, 4) is 0 Å². The smallest absolute Gasteiger partial charge is 0.337 e. The van der Waals surface area contributed by atoms with Crippen LogP contribution < -0.4 is 4.90 Å². The molecule has 1 atom stereocenters. The van der Waals surface area contributed by atoms with Gasteiger partial charge in [0.05, 0.1) is 17.4 Å². The minimum atomic E-state index is -1.03. The van der Waals surface area contributed by atoms with Gasteiger partial charge in [0, 0.05) is 13.1 Å². The first kappa shape index (κ1) is 11.3. The van der Waals surface area contributed by atoms with Crippen molar-refractivity contribution in [2.45, 2.75) is 12.6 Å². The van der Waals surface area contributed by atoms with Crippen molar-refractivity contribution in [2.24, 2.45) is 0 Å². The lowest BCUT2D eigenvalue weighted by Gasteiger charge is -2.19. The lowest BCUT2D eigenvalue weighted by Crippen LogP contribution is -2.22. The summed E-state index contributed by atoms with van der Waals surface area (Å²) in [5.41, 5.74) is 0.631. The summed E-state index contributed by atoms with van der Waals surface area (Å²) >= 11 is 3.12. The van der Waals surface area contributed by atoms with E-state index in [2.05, 4.69) is 20.9 Å². The molecule has 4 nitrogen and oxygen atoms in total. The third-order valence-electron chi connectivity index (χ3n) is 2.55. The molecule has 0 saturated carbocycles. The van der Waals surface area contributed by atoms with Crippen molar-refractivity contribution in [1.82, 2.24) is 4.98 Å². The predicted octanol–water partition coefficient (Wildman–Crippen LogP) is 2.09. The lowest BCUT2D eigenvalue weighted by molar-refractivity contribution is 0.0697. The Hall–Kier alpha value is -1.17. The maximum Gasteiger partial charge on any atom is 0.337 e. The summed E-state index contributed by atoms with van der Waals surface area (Å²) in [5, 5.41) is 9.05. The van der Waals surface area contributed by atoms with Crippen LogP contribution in [-0.2, 0) is 0 Å². The monoisotopic (exact) mass is 288 g/mol. The van der Waals surface area contributed by atoms with Crippen LogP contribution in [0.4, 0.5) is 10.1 Å². The number of hydrogen-bond donors (Lipinski definition) is 1. The molecule has 86 valence electrons. The zero-order valence-corrected chi connectivity index (χ0v) is 9.95. The summed E-state index contributed by atoms with van der Waals surface area (Å²) in [5.74, 6) is -1.03. The van der Waals surface area contributed by atoms with Crippen molar-refractivity contribution >= 4 is 27.6 Å². The molecule has 0 aliphatic carbocycles. The fourth-order valence-corrected chi connectivity index (χ4v) is 2.11.